The number of halogens is 8. The van der Waals surface area contributed by atoms with Crippen LogP contribution in [0.3, 0.4) is 0 Å². The molecule has 0 bridgehead atoms. The first-order valence-corrected chi connectivity index (χ1v) is 21.3. The monoisotopic (exact) mass is 792 g/mol. The molecule has 44 heavy (non-hydrogen) atoms. The van der Waals surface area contributed by atoms with Gasteiger partial charge in [0, 0.05) is 31.0 Å². The Labute approximate surface area is 270 Å². The van der Waals surface area contributed by atoms with Gasteiger partial charge in [0.25, 0.3) is 0 Å². The zero-order chi connectivity index (χ0) is 32.2. The zero-order valence-electron chi connectivity index (χ0n) is 22.7. The molecule has 0 amide bonds. The van der Waals surface area contributed by atoms with E-state index in [1.165, 1.54) is 14.7 Å². The summed E-state index contributed by atoms with van der Waals surface area (Å²) < 4.78 is 59.6. The fourth-order valence-corrected chi connectivity index (χ4v) is 7.24. The van der Waals surface area contributed by atoms with Crippen molar-refractivity contribution in [1.29, 1.82) is 0 Å². The Balaban J connectivity index is 0.000000566. The Morgan fingerprint density at radius 1 is 0.614 bits per heavy atom. The van der Waals surface area contributed by atoms with Crippen LogP contribution in [0, 0.1) is 6.92 Å². The van der Waals surface area contributed by atoms with E-state index in [4.69, 9.17) is 23.2 Å². The first kappa shape index (κ1) is 34.3. The van der Waals surface area contributed by atoms with Crippen molar-refractivity contribution in [3.8, 4) is 0 Å². The molecule has 1 nitrogen and oxygen atoms in total. The number of aryl methyl sites for hydroxylation is 1. The van der Waals surface area contributed by atoms with Crippen molar-refractivity contribution in [3.05, 3.63) is 148 Å². The molecule has 0 radical (unpaired) electrons. The van der Waals surface area contributed by atoms with Gasteiger partial charge in [-0.25, -0.2) is 0 Å². The standard InChI is InChI=1S/C32H23Cl2OS2.6FH.Sb/c1-22-21-27(13-20-31(22)32(35)23-5-3-2-4-6-23)36-26-11-18-30(19-12-26)37(28-14-7-24(33)8-15-28)29-16-9-25(34)10-17-29;;;;;;;/h2-21H,1H3;6*1H;/q+1;;;;;;;+5/p-6. The zero-order valence-corrected chi connectivity index (χ0v) is 28.4. The summed E-state index contributed by atoms with van der Waals surface area (Å²) in [5, 5.41) is 1.45. The molecule has 5 aromatic carbocycles. The summed E-state index contributed by atoms with van der Waals surface area (Å²) in [7, 11) is -0.280. The summed E-state index contributed by atoms with van der Waals surface area (Å²) in [5.41, 5.74) is 2.42. The topological polar surface area (TPSA) is 17.1 Å². The van der Waals surface area contributed by atoms with E-state index in [9.17, 15) is 21.7 Å². The maximum absolute atomic E-state index is 12.9. The van der Waals surface area contributed by atoms with E-state index in [1.54, 1.807) is 11.8 Å². The molecule has 0 unspecified atom stereocenters. The second-order valence-electron chi connectivity index (χ2n) is 9.42. The summed E-state index contributed by atoms with van der Waals surface area (Å²) in [6, 6.07) is 40.2. The number of hydrogen-bond donors (Lipinski definition) is 0. The van der Waals surface area contributed by atoms with Crippen LogP contribution in [0.5, 0.6) is 0 Å². The summed E-state index contributed by atoms with van der Waals surface area (Å²) in [6.45, 7) is 1.99. The molecule has 0 aliphatic carbocycles. The van der Waals surface area contributed by atoms with Gasteiger partial charge in [0.15, 0.2) is 20.5 Å². The van der Waals surface area contributed by atoms with E-state index in [-0.39, 0.29) is 16.7 Å². The second-order valence-corrected chi connectivity index (χ2v) is 18.9. The molecule has 0 aliphatic heterocycles. The number of rotatable bonds is 7. The summed E-state index contributed by atoms with van der Waals surface area (Å²) in [6.07, 6.45) is 0. The Morgan fingerprint density at radius 2 is 1.02 bits per heavy atom. The Bertz CT molecular complexity index is 1700. The molecular formula is C32H23Cl2F6OS2Sb. The van der Waals surface area contributed by atoms with Gasteiger partial charge in [-0.05, 0) is 103 Å². The Hall–Kier alpha value is -2.55. The minimum absolute atomic E-state index is 0.0513. The molecule has 0 saturated heterocycles. The average Bonchev–Trinajstić information content (AvgIpc) is 2.95. The van der Waals surface area contributed by atoms with Crippen molar-refractivity contribution >= 4 is 71.1 Å². The molecule has 0 aliphatic rings. The molecular weight excluding hydrogens is 771 g/mol. The van der Waals surface area contributed by atoms with Gasteiger partial charge in [0.05, 0.1) is 10.9 Å². The predicted octanol–water partition coefficient (Wildman–Crippen LogP) is 11.9. The minimum atomic E-state index is -11.2. The fraction of sp³-hybridized carbons (Fsp3) is 0.0312. The number of carbonyl (C=O) groups is 1. The molecule has 5 aromatic rings. The molecule has 0 N–H and O–H groups in total. The van der Waals surface area contributed by atoms with Gasteiger partial charge in [-0.3, -0.25) is 4.79 Å². The molecule has 0 fully saturated rings. The molecule has 230 valence electrons. The van der Waals surface area contributed by atoms with Crippen molar-refractivity contribution < 1.29 is 21.7 Å². The molecule has 0 spiro atoms. The third kappa shape index (κ3) is 11.1. The fourth-order valence-electron chi connectivity index (χ4n) is 4.03. The van der Waals surface area contributed by atoms with Crippen LogP contribution in [0.2, 0.25) is 10.0 Å². The molecule has 5 rings (SSSR count). The van der Waals surface area contributed by atoms with Gasteiger partial charge in [-0.15, -0.1) is 0 Å². The van der Waals surface area contributed by atoms with E-state index in [0.717, 1.165) is 31.0 Å². The van der Waals surface area contributed by atoms with Gasteiger partial charge in [-0.2, -0.15) is 0 Å². The normalized spacial score (nSPS) is 13.0. The van der Waals surface area contributed by atoms with E-state index >= 15 is 0 Å². The van der Waals surface area contributed by atoms with Crippen LogP contribution in [-0.4, -0.2) is 25.3 Å². The van der Waals surface area contributed by atoms with Crippen molar-refractivity contribution in [1.82, 2.24) is 0 Å². The van der Waals surface area contributed by atoms with E-state index in [2.05, 4.69) is 54.6 Å². The molecule has 12 heteroatoms. The first-order valence-electron chi connectivity index (χ1n) is 12.7. The third-order valence-electron chi connectivity index (χ3n) is 5.87. The van der Waals surface area contributed by atoms with Gasteiger partial charge in [0.2, 0.25) is 0 Å². The number of hydrogen-bond acceptors (Lipinski definition) is 2. The molecule has 0 saturated carbocycles. The summed E-state index contributed by atoms with van der Waals surface area (Å²) >= 11 is 2.76. The van der Waals surface area contributed by atoms with Crippen LogP contribution in [0.15, 0.2) is 146 Å². The van der Waals surface area contributed by atoms with Gasteiger partial charge in [0.1, 0.15) is 0 Å². The van der Waals surface area contributed by atoms with Crippen molar-refractivity contribution in [3.63, 3.8) is 0 Å². The quantitative estimate of drug-likeness (QED) is 0.0707. The summed E-state index contributed by atoms with van der Waals surface area (Å²) in [4.78, 5) is 18.7. The van der Waals surface area contributed by atoms with Crippen LogP contribution in [0.4, 0.5) is 16.9 Å². The van der Waals surface area contributed by atoms with Crippen molar-refractivity contribution in [2.45, 2.75) is 31.4 Å². The van der Waals surface area contributed by atoms with Crippen LogP contribution in [0.25, 0.3) is 0 Å². The molecule has 0 aromatic heterocycles. The maximum atomic E-state index is 12.9. The van der Waals surface area contributed by atoms with Crippen molar-refractivity contribution in [2.24, 2.45) is 0 Å². The average molecular weight is 794 g/mol. The van der Waals surface area contributed by atoms with E-state index in [0.29, 0.717) is 5.56 Å². The van der Waals surface area contributed by atoms with Crippen LogP contribution >= 0.6 is 35.0 Å². The van der Waals surface area contributed by atoms with E-state index in [1.807, 2.05) is 73.7 Å². The van der Waals surface area contributed by atoms with Crippen molar-refractivity contribution in [2.75, 3.05) is 0 Å². The SMILES string of the molecule is Cc1cc(Sc2ccc([S+](c3ccc(Cl)cc3)c3ccc(Cl)cc3)cc2)ccc1C(=O)c1ccccc1.[F][Sb-]([F])([F])([F])([F])[F]. The third-order valence-corrected chi connectivity index (χ3v) is 9.60. The van der Waals surface area contributed by atoms with E-state index < -0.39 is 19.5 Å². The number of ketones is 1. The Morgan fingerprint density at radius 3 is 1.45 bits per heavy atom. The molecule has 0 heterocycles. The predicted molar refractivity (Wildman–Crippen MR) is 169 cm³/mol. The Kier molecular flexibility index (Phi) is 10.2. The van der Waals surface area contributed by atoms with Gasteiger partial charge < -0.3 is 0 Å². The van der Waals surface area contributed by atoms with Crippen LogP contribution in [0.1, 0.15) is 21.5 Å². The van der Waals surface area contributed by atoms with Gasteiger partial charge >= 0.3 is 36.4 Å². The van der Waals surface area contributed by atoms with Crippen LogP contribution in [-0.2, 0) is 10.9 Å². The van der Waals surface area contributed by atoms with Crippen LogP contribution < -0.4 is 0 Å². The number of benzene rings is 5. The molecule has 0 atom stereocenters. The second kappa shape index (κ2) is 13.1. The van der Waals surface area contributed by atoms with Gasteiger partial charge in [-0.1, -0.05) is 65.3 Å². The summed E-state index contributed by atoms with van der Waals surface area (Å²) in [5.74, 6) is 0.0513. The number of carbonyl (C=O) groups excluding carboxylic acids is 1. The first-order chi connectivity index (χ1) is 20.4.